The topological polar surface area (TPSA) is 110 Å². The maximum atomic E-state index is 13.0. The van der Waals surface area contributed by atoms with Gasteiger partial charge in [-0.2, -0.15) is 5.10 Å². The lowest BCUT2D eigenvalue weighted by Crippen LogP contribution is -2.33. The number of hydrogen-bond acceptors (Lipinski definition) is 7. The Kier molecular flexibility index (Phi) is 6.77. The van der Waals surface area contributed by atoms with E-state index in [-0.39, 0.29) is 10.9 Å². The van der Waals surface area contributed by atoms with E-state index in [2.05, 4.69) is 15.5 Å². The number of nitrogens with one attached hydrogen (secondary N) is 1. The first kappa shape index (κ1) is 22.8. The van der Waals surface area contributed by atoms with Crippen LogP contribution in [0.5, 0.6) is 17.2 Å². The lowest BCUT2D eigenvalue weighted by Gasteiger charge is -2.17. The van der Waals surface area contributed by atoms with Crippen molar-refractivity contribution in [3.63, 3.8) is 0 Å². The molecular weight excluding hydrogens is 438 g/mol. The van der Waals surface area contributed by atoms with Gasteiger partial charge in [-0.15, -0.1) is 0 Å². The fourth-order valence-corrected chi connectivity index (χ4v) is 3.44. The number of hydrogen-bond donors (Lipinski definition) is 1. The normalized spacial score (nSPS) is 10.8. The second kappa shape index (κ2) is 10.1. The number of benzene rings is 2. The van der Waals surface area contributed by atoms with Crippen LogP contribution in [0.3, 0.4) is 0 Å². The number of carbonyl (C=O) groups is 1. The summed E-state index contributed by atoms with van der Waals surface area (Å²) in [4.78, 5) is 30.4. The summed E-state index contributed by atoms with van der Waals surface area (Å²) in [5.41, 5.74) is 3.51. The van der Waals surface area contributed by atoms with E-state index in [4.69, 9.17) is 14.2 Å². The van der Waals surface area contributed by atoms with E-state index >= 15 is 0 Å². The van der Waals surface area contributed by atoms with Crippen LogP contribution in [0.1, 0.15) is 31.1 Å². The standard InChI is InChI=1S/C24H25N5O5/c1-4-32-19-12-16(13-20(33-5-2)21(19)34-6-3)23(30)27-28-15-25-22-18(24(28)31)14-26-29(22)17-10-8-7-9-11-17/h7-15H,4-6H2,1-3H3,(H,27,30). The number of nitrogens with zero attached hydrogens (tertiary/aromatic N) is 4. The van der Waals surface area contributed by atoms with Crippen molar-refractivity contribution in [3.8, 4) is 22.9 Å². The van der Waals surface area contributed by atoms with Gasteiger partial charge < -0.3 is 14.2 Å². The van der Waals surface area contributed by atoms with Crippen molar-refractivity contribution in [2.24, 2.45) is 0 Å². The summed E-state index contributed by atoms with van der Waals surface area (Å²) in [6.07, 6.45) is 2.68. The second-order valence-corrected chi connectivity index (χ2v) is 7.09. The van der Waals surface area contributed by atoms with E-state index in [0.29, 0.717) is 42.7 Å². The van der Waals surface area contributed by atoms with Crippen molar-refractivity contribution in [1.29, 1.82) is 0 Å². The molecule has 2 aromatic carbocycles. The first-order chi connectivity index (χ1) is 16.6. The molecule has 0 saturated carbocycles. The molecule has 1 N–H and O–H groups in total. The highest BCUT2D eigenvalue weighted by molar-refractivity contribution is 6.01. The minimum absolute atomic E-state index is 0.238. The quantitative estimate of drug-likeness (QED) is 0.406. The van der Waals surface area contributed by atoms with Gasteiger partial charge in [0.15, 0.2) is 17.1 Å². The van der Waals surface area contributed by atoms with E-state index in [1.165, 1.54) is 12.5 Å². The molecule has 0 aliphatic heterocycles. The Morgan fingerprint density at radius 3 is 2.24 bits per heavy atom. The number of para-hydroxylation sites is 1. The van der Waals surface area contributed by atoms with Crippen LogP contribution in [0.25, 0.3) is 16.7 Å². The number of rotatable bonds is 9. The SMILES string of the molecule is CCOc1cc(C(=O)Nn2cnc3c(cnn3-c3ccccc3)c2=O)cc(OCC)c1OCC. The molecule has 0 radical (unpaired) electrons. The highest BCUT2D eigenvalue weighted by Crippen LogP contribution is 2.39. The molecule has 0 atom stereocenters. The van der Waals surface area contributed by atoms with Crippen LogP contribution in [-0.2, 0) is 0 Å². The predicted molar refractivity (Wildman–Crippen MR) is 127 cm³/mol. The molecule has 4 aromatic rings. The van der Waals surface area contributed by atoms with Crippen LogP contribution in [0.15, 0.2) is 59.8 Å². The molecule has 0 unspecified atom stereocenters. The van der Waals surface area contributed by atoms with Crippen molar-refractivity contribution < 1.29 is 19.0 Å². The summed E-state index contributed by atoms with van der Waals surface area (Å²) in [6, 6.07) is 12.5. The molecule has 176 valence electrons. The summed E-state index contributed by atoms with van der Waals surface area (Å²) in [5.74, 6) is 0.649. The Morgan fingerprint density at radius 1 is 0.971 bits per heavy atom. The molecule has 0 saturated heterocycles. The van der Waals surface area contributed by atoms with Crippen molar-refractivity contribution >= 4 is 16.9 Å². The summed E-state index contributed by atoms with van der Waals surface area (Å²) in [5, 5.41) is 4.54. The lowest BCUT2D eigenvalue weighted by molar-refractivity contribution is 0.101. The van der Waals surface area contributed by atoms with E-state index in [1.54, 1.807) is 16.8 Å². The molecule has 0 bridgehead atoms. The van der Waals surface area contributed by atoms with Crippen LogP contribution in [-0.4, -0.2) is 45.2 Å². The summed E-state index contributed by atoms with van der Waals surface area (Å²) < 4.78 is 19.6. The van der Waals surface area contributed by atoms with Gasteiger partial charge in [-0.3, -0.25) is 15.0 Å². The van der Waals surface area contributed by atoms with Gasteiger partial charge in [0, 0.05) is 5.56 Å². The third-order valence-electron chi connectivity index (χ3n) is 4.88. The fraction of sp³-hybridized carbons (Fsp3) is 0.250. The molecule has 0 fully saturated rings. The molecule has 2 heterocycles. The molecule has 10 heteroatoms. The zero-order valence-electron chi connectivity index (χ0n) is 19.1. The third kappa shape index (κ3) is 4.42. The van der Waals surface area contributed by atoms with Crippen LogP contribution >= 0.6 is 0 Å². The van der Waals surface area contributed by atoms with Gasteiger partial charge >= 0.3 is 0 Å². The molecule has 34 heavy (non-hydrogen) atoms. The van der Waals surface area contributed by atoms with E-state index in [1.807, 2.05) is 51.1 Å². The largest absolute Gasteiger partial charge is 0.490 e. The molecular formula is C24H25N5O5. The summed E-state index contributed by atoms with van der Waals surface area (Å²) >= 11 is 0. The molecule has 4 rings (SSSR count). The Labute approximate surface area is 195 Å². The van der Waals surface area contributed by atoms with Crippen molar-refractivity contribution in [2.45, 2.75) is 20.8 Å². The van der Waals surface area contributed by atoms with Gasteiger partial charge in [-0.1, -0.05) is 18.2 Å². The van der Waals surface area contributed by atoms with Crippen molar-refractivity contribution in [1.82, 2.24) is 19.4 Å². The molecule has 0 aliphatic rings. The van der Waals surface area contributed by atoms with E-state index < -0.39 is 11.5 Å². The maximum absolute atomic E-state index is 13.0. The molecule has 2 aromatic heterocycles. The summed E-state index contributed by atoms with van der Waals surface area (Å²) in [6.45, 7) is 6.67. The van der Waals surface area contributed by atoms with Crippen LogP contribution in [0, 0.1) is 0 Å². The van der Waals surface area contributed by atoms with Gasteiger partial charge in [0.2, 0.25) is 5.75 Å². The first-order valence-electron chi connectivity index (χ1n) is 11.0. The fourth-order valence-electron chi connectivity index (χ4n) is 3.44. The van der Waals surface area contributed by atoms with E-state index in [9.17, 15) is 9.59 Å². The van der Waals surface area contributed by atoms with Crippen molar-refractivity contribution in [2.75, 3.05) is 25.2 Å². The zero-order valence-corrected chi connectivity index (χ0v) is 19.1. The van der Waals surface area contributed by atoms with Crippen LogP contribution < -0.4 is 25.2 Å². The van der Waals surface area contributed by atoms with Gasteiger partial charge in [0.05, 0.1) is 31.7 Å². The van der Waals surface area contributed by atoms with E-state index in [0.717, 1.165) is 10.4 Å². The van der Waals surface area contributed by atoms with Crippen LogP contribution in [0.4, 0.5) is 0 Å². The number of carbonyl (C=O) groups excluding carboxylic acids is 1. The van der Waals surface area contributed by atoms with Crippen molar-refractivity contribution in [3.05, 3.63) is 70.9 Å². The predicted octanol–water partition coefficient (Wildman–Crippen LogP) is 3.16. The highest BCUT2D eigenvalue weighted by Gasteiger charge is 2.19. The van der Waals surface area contributed by atoms with Gasteiger partial charge in [-0.25, -0.2) is 14.3 Å². The first-order valence-corrected chi connectivity index (χ1v) is 11.0. The molecule has 1 amide bonds. The maximum Gasteiger partial charge on any atom is 0.283 e. The second-order valence-electron chi connectivity index (χ2n) is 7.09. The molecule has 0 spiro atoms. The monoisotopic (exact) mass is 463 g/mol. The zero-order chi connectivity index (χ0) is 24.1. The Bertz CT molecular complexity index is 1340. The lowest BCUT2D eigenvalue weighted by atomic mass is 10.1. The average Bonchev–Trinajstić information content (AvgIpc) is 3.28. The Morgan fingerprint density at radius 2 is 1.62 bits per heavy atom. The minimum Gasteiger partial charge on any atom is -0.490 e. The average molecular weight is 463 g/mol. The highest BCUT2D eigenvalue weighted by atomic mass is 16.5. The molecule has 0 aliphatic carbocycles. The third-order valence-corrected chi connectivity index (χ3v) is 4.88. The number of ether oxygens (including phenoxy) is 3. The smallest absolute Gasteiger partial charge is 0.283 e. The number of fused-ring (bicyclic) bond motifs is 1. The molecule has 10 nitrogen and oxygen atoms in total. The Hall–Kier alpha value is -4.34. The van der Waals surface area contributed by atoms with Gasteiger partial charge in [0.25, 0.3) is 11.5 Å². The Balaban J connectivity index is 1.68. The van der Waals surface area contributed by atoms with Gasteiger partial charge in [0.1, 0.15) is 11.7 Å². The number of amides is 1. The number of aromatic nitrogens is 4. The van der Waals surface area contributed by atoms with Crippen LogP contribution in [0.2, 0.25) is 0 Å². The van der Waals surface area contributed by atoms with Gasteiger partial charge in [-0.05, 0) is 45.0 Å². The summed E-state index contributed by atoms with van der Waals surface area (Å²) in [7, 11) is 0. The minimum atomic E-state index is -0.538.